The molecule has 5 heteroatoms. The molecular formula is C13H19N3OS. The van der Waals surface area contributed by atoms with E-state index in [1.807, 2.05) is 35.7 Å². The number of nitrogens with zero attached hydrogens (tertiary/aromatic N) is 2. The van der Waals surface area contributed by atoms with E-state index in [2.05, 4.69) is 17.2 Å². The molecule has 18 heavy (non-hydrogen) atoms. The molecule has 1 fully saturated rings. The Morgan fingerprint density at radius 1 is 1.67 bits per heavy atom. The zero-order chi connectivity index (χ0) is 13.0. The van der Waals surface area contributed by atoms with Crippen LogP contribution in [-0.2, 0) is 0 Å². The maximum Gasteiger partial charge on any atom is 0.272 e. The Labute approximate surface area is 112 Å². The summed E-state index contributed by atoms with van der Waals surface area (Å²) < 4.78 is 0. The number of hydrogen-bond acceptors (Lipinski definition) is 4. The van der Waals surface area contributed by atoms with Crippen molar-refractivity contribution in [3.05, 3.63) is 24.0 Å². The number of carbonyl (C=O) groups excluding carboxylic acids is 1. The van der Waals surface area contributed by atoms with E-state index in [0.29, 0.717) is 11.7 Å². The number of nitrogens with one attached hydrogen (secondary N) is 1. The smallest absolute Gasteiger partial charge is 0.272 e. The topological polar surface area (TPSA) is 45.2 Å². The molecule has 1 aromatic rings. The Kier molecular flexibility index (Phi) is 4.47. The molecule has 0 radical (unpaired) electrons. The van der Waals surface area contributed by atoms with Gasteiger partial charge in [-0.15, -0.1) is 0 Å². The van der Waals surface area contributed by atoms with E-state index in [1.54, 1.807) is 6.20 Å². The Balaban J connectivity index is 2.14. The van der Waals surface area contributed by atoms with Crippen molar-refractivity contribution in [2.45, 2.75) is 19.9 Å². The first-order valence-corrected chi connectivity index (χ1v) is 7.46. The molecule has 0 aromatic carbocycles. The number of amides is 1. The molecule has 4 nitrogen and oxygen atoms in total. The molecular weight excluding hydrogens is 246 g/mol. The maximum absolute atomic E-state index is 12.4. The molecule has 1 aliphatic heterocycles. The molecule has 0 bridgehead atoms. The minimum absolute atomic E-state index is 0.0440. The third-order valence-corrected chi connectivity index (χ3v) is 4.18. The lowest BCUT2D eigenvalue weighted by molar-refractivity contribution is 0.0710. The van der Waals surface area contributed by atoms with Gasteiger partial charge in [0.25, 0.3) is 5.91 Å². The minimum Gasteiger partial charge on any atom is -0.385 e. The van der Waals surface area contributed by atoms with Crippen LogP contribution in [0, 0.1) is 0 Å². The molecule has 1 unspecified atom stereocenters. The number of anilines is 1. The van der Waals surface area contributed by atoms with Gasteiger partial charge in [-0.2, -0.15) is 11.8 Å². The second-order valence-corrected chi connectivity index (χ2v) is 5.53. The number of thioether (sulfide) groups is 1. The highest BCUT2D eigenvalue weighted by molar-refractivity contribution is 7.99. The summed E-state index contributed by atoms with van der Waals surface area (Å²) in [6, 6.07) is 4.01. The number of hydrogen-bond donors (Lipinski definition) is 1. The maximum atomic E-state index is 12.4. The standard InChI is InChI=1S/C13H19N3OS/c1-3-14-11-4-5-15-12(8-11)13(17)16-6-7-18-9-10(16)2/h4-5,8,10H,3,6-7,9H2,1-2H3,(H,14,15). The molecule has 1 aliphatic rings. The van der Waals surface area contributed by atoms with Crippen LogP contribution >= 0.6 is 11.8 Å². The van der Waals surface area contributed by atoms with Gasteiger partial charge in [0.15, 0.2) is 0 Å². The minimum atomic E-state index is 0.0440. The van der Waals surface area contributed by atoms with Crippen LogP contribution in [0.2, 0.25) is 0 Å². The molecule has 1 aromatic heterocycles. The first-order chi connectivity index (χ1) is 8.72. The van der Waals surface area contributed by atoms with Crippen LogP contribution in [0.5, 0.6) is 0 Å². The summed E-state index contributed by atoms with van der Waals surface area (Å²) in [5, 5.41) is 3.20. The Hall–Kier alpha value is -1.23. The van der Waals surface area contributed by atoms with Crippen LogP contribution < -0.4 is 5.32 Å². The second kappa shape index (κ2) is 6.09. The lowest BCUT2D eigenvalue weighted by Crippen LogP contribution is -2.44. The first-order valence-electron chi connectivity index (χ1n) is 6.31. The monoisotopic (exact) mass is 265 g/mol. The number of rotatable bonds is 3. The third kappa shape index (κ3) is 2.96. The Morgan fingerprint density at radius 3 is 3.22 bits per heavy atom. The summed E-state index contributed by atoms with van der Waals surface area (Å²) in [4.78, 5) is 18.5. The normalized spacial score (nSPS) is 19.7. The fraction of sp³-hybridized carbons (Fsp3) is 0.538. The highest BCUT2D eigenvalue weighted by atomic mass is 32.2. The van der Waals surface area contributed by atoms with Crippen LogP contribution in [0.15, 0.2) is 18.3 Å². The molecule has 1 amide bonds. The largest absolute Gasteiger partial charge is 0.385 e. The fourth-order valence-corrected chi connectivity index (χ4v) is 3.05. The predicted octanol–water partition coefficient (Wildman–Crippen LogP) is 2.09. The van der Waals surface area contributed by atoms with Crippen molar-refractivity contribution < 1.29 is 4.79 Å². The molecule has 0 aliphatic carbocycles. The van der Waals surface area contributed by atoms with Gasteiger partial charge in [0.05, 0.1) is 0 Å². The van der Waals surface area contributed by atoms with Crippen molar-refractivity contribution in [1.29, 1.82) is 0 Å². The summed E-state index contributed by atoms with van der Waals surface area (Å²) in [7, 11) is 0. The molecule has 1 atom stereocenters. The Morgan fingerprint density at radius 2 is 2.50 bits per heavy atom. The lowest BCUT2D eigenvalue weighted by atomic mass is 10.2. The van der Waals surface area contributed by atoms with Crippen LogP contribution in [-0.4, -0.2) is 46.4 Å². The van der Waals surface area contributed by atoms with Gasteiger partial charge in [0.2, 0.25) is 0 Å². The van der Waals surface area contributed by atoms with Gasteiger partial charge in [0, 0.05) is 42.5 Å². The van der Waals surface area contributed by atoms with Crippen LogP contribution in [0.3, 0.4) is 0 Å². The molecule has 98 valence electrons. The van der Waals surface area contributed by atoms with Crippen molar-refractivity contribution in [1.82, 2.24) is 9.88 Å². The average molecular weight is 265 g/mol. The van der Waals surface area contributed by atoms with Gasteiger partial charge in [-0.25, -0.2) is 0 Å². The van der Waals surface area contributed by atoms with Gasteiger partial charge >= 0.3 is 0 Å². The average Bonchev–Trinajstić information content (AvgIpc) is 2.39. The molecule has 1 N–H and O–H groups in total. The predicted molar refractivity (Wildman–Crippen MR) is 76.2 cm³/mol. The lowest BCUT2D eigenvalue weighted by Gasteiger charge is -2.32. The number of pyridine rings is 1. The summed E-state index contributed by atoms with van der Waals surface area (Å²) in [5.74, 6) is 2.07. The van der Waals surface area contributed by atoms with Crippen LogP contribution in [0.1, 0.15) is 24.3 Å². The van der Waals surface area contributed by atoms with Crippen LogP contribution in [0.25, 0.3) is 0 Å². The third-order valence-electron chi connectivity index (χ3n) is 2.99. The SMILES string of the molecule is CCNc1ccnc(C(=O)N2CCSCC2C)c1. The fourth-order valence-electron chi connectivity index (χ4n) is 2.04. The molecule has 2 heterocycles. The summed E-state index contributed by atoms with van der Waals surface area (Å²) in [6.07, 6.45) is 1.69. The van der Waals surface area contributed by atoms with Crippen molar-refractivity contribution >= 4 is 23.4 Å². The van der Waals surface area contributed by atoms with E-state index in [-0.39, 0.29) is 5.91 Å². The summed E-state index contributed by atoms with van der Waals surface area (Å²) in [5.41, 5.74) is 1.49. The van der Waals surface area contributed by atoms with E-state index in [9.17, 15) is 4.79 Å². The van der Waals surface area contributed by atoms with Crippen molar-refractivity contribution in [3.63, 3.8) is 0 Å². The van der Waals surface area contributed by atoms with E-state index < -0.39 is 0 Å². The molecule has 1 saturated heterocycles. The molecule has 2 rings (SSSR count). The number of aromatic nitrogens is 1. The van der Waals surface area contributed by atoms with Gasteiger partial charge in [0.1, 0.15) is 5.69 Å². The van der Waals surface area contributed by atoms with Crippen molar-refractivity contribution in [2.75, 3.05) is 29.9 Å². The second-order valence-electron chi connectivity index (χ2n) is 4.38. The number of carbonyl (C=O) groups is 1. The van der Waals surface area contributed by atoms with Gasteiger partial charge < -0.3 is 10.2 Å². The van der Waals surface area contributed by atoms with E-state index >= 15 is 0 Å². The van der Waals surface area contributed by atoms with E-state index in [4.69, 9.17) is 0 Å². The van der Waals surface area contributed by atoms with Gasteiger partial charge in [-0.05, 0) is 26.0 Å². The first kappa shape index (κ1) is 13.2. The highest BCUT2D eigenvalue weighted by Gasteiger charge is 2.25. The van der Waals surface area contributed by atoms with Crippen molar-refractivity contribution in [3.8, 4) is 0 Å². The quantitative estimate of drug-likeness (QED) is 0.909. The Bertz CT molecular complexity index is 424. The van der Waals surface area contributed by atoms with E-state index in [1.165, 1.54) is 0 Å². The zero-order valence-corrected chi connectivity index (χ0v) is 11.7. The highest BCUT2D eigenvalue weighted by Crippen LogP contribution is 2.19. The van der Waals surface area contributed by atoms with Crippen LogP contribution in [0.4, 0.5) is 5.69 Å². The van der Waals surface area contributed by atoms with Gasteiger partial charge in [-0.3, -0.25) is 9.78 Å². The molecule has 0 spiro atoms. The van der Waals surface area contributed by atoms with Gasteiger partial charge in [-0.1, -0.05) is 0 Å². The zero-order valence-electron chi connectivity index (χ0n) is 10.8. The summed E-state index contributed by atoms with van der Waals surface area (Å²) in [6.45, 7) is 5.79. The summed E-state index contributed by atoms with van der Waals surface area (Å²) >= 11 is 1.90. The van der Waals surface area contributed by atoms with E-state index in [0.717, 1.165) is 30.3 Å². The van der Waals surface area contributed by atoms with Crippen molar-refractivity contribution in [2.24, 2.45) is 0 Å². The molecule has 0 saturated carbocycles.